The van der Waals surface area contributed by atoms with Gasteiger partial charge in [-0.2, -0.15) is 0 Å². The molecule has 1 heterocycles. The van der Waals surface area contributed by atoms with Crippen molar-refractivity contribution in [3.05, 3.63) is 35.9 Å². The van der Waals surface area contributed by atoms with Crippen molar-refractivity contribution in [3.8, 4) is 0 Å². The zero-order chi connectivity index (χ0) is 13.1. The van der Waals surface area contributed by atoms with Crippen LogP contribution in [-0.2, 0) is 14.3 Å². The molecule has 1 aliphatic rings. The lowest BCUT2D eigenvalue weighted by molar-refractivity contribution is -0.159. The average molecular weight is 252 g/mol. The second-order valence-electron chi connectivity index (χ2n) is 4.12. The Bertz CT molecular complexity index is 405. The van der Waals surface area contributed by atoms with E-state index in [2.05, 4.69) is 0 Å². The van der Waals surface area contributed by atoms with E-state index in [-0.39, 0.29) is 6.61 Å². The number of aliphatic hydroxyl groups excluding tert-OH is 2. The first-order valence-corrected chi connectivity index (χ1v) is 5.88. The van der Waals surface area contributed by atoms with Crippen LogP contribution in [0, 0.1) is 0 Å². The molecule has 5 heteroatoms. The Hall–Kier alpha value is -1.43. The molecule has 0 aliphatic carbocycles. The Morgan fingerprint density at radius 2 is 1.94 bits per heavy atom. The van der Waals surface area contributed by atoms with E-state index in [0.717, 1.165) is 5.56 Å². The van der Waals surface area contributed by atoms with Gasteiger partial charge in [0.25, 0.3) is 0 Å². The molecule has 0 saturated carbocycles. The second-order valence-corrected chi connectivity index (χ2v) is 4.12. The minimum atomic E-state index is -1.27. The van der Waals surface area contributed by atoms with E-state index < -0.39 is 30.4 Å². The highest BCUT2D eigenvalue weighted by molar-refractivity contribution is 5.76. The summed E-state index contributed by atoms with van der Waals surface area (Å²) in [7, 11) is 0. The fourth-order valence-corrected chi connectivity index (χ4v) is 2.01. The molecular formula is C13H16O5. The van der Waals surface area contributed by atoms with Crippen molar-refractivity contribution in [1.29, 1.82) is 0 Å². The maximum absolute atomic E-state index is 11.6. The maximum Gasteiger partial charge on any atom is 0.338 e. The van der Waals surface area contributed by atoms with E-state index in [1.165, 1.54) is 0 Å². The number of esters is 1. The lowest BCUT2D eigenvalue weighted by Crippen LogP contribution is -2.36. The molecule has 0 radical (unpaired) electrons. The molecule has 0 amide bonds. The van der Waals surface area contributed by atoms with Crippen molar-refractivity contribution in [2.24, 2.45) is 0 Å². The molecule has 1 aliphatic heterocycles. The first kappa shape index (κ1) is 13.0. The molecule has 2 rings (SSSR count). The van der Waals surface area contributed by atoms with Crippen molar-refractivity contribution in [2.45, 2.75) is 31.3 Å². The van der Waals surface area contributed by atoms with Gasteiger partial charge in [-0.1, -0.05) is 30.3 Å². The quantitative estimate of drug-likeness (QED) is 0.762. The predicted octanol–water partition coefficient (Wildman–Crippen LogP) is 0.411. The monoisotopic (exact) mass is 252 g/mol. The molecule has 4 atom stereocenters. The third-order valence-electron chi connectivity index (χ3n) is 2.91. The van der Waals surface area contributed by atoms with E-state index in [0.29, 0.717) is 0 Å². The molecule has 0 bridgehead atoms. The zero-order valence-corrected chi connectivity index (χ0v) is 10.0. The standard InChI is InChI=1S/C13H16O5/c1-2-17-13(16)12-10(15)9(14)11(18-12)8-6-4-3-5-7-8/h3-7,9-12,14-15H,2H2,1H3/t9-,10-,11+,12+/m1/s1. The van der Waals surface area contributed by atoms with Crippen LogP contribution in [-0.4, -0.2) is 41.1 Å². The summed E-state index contributed by atoms with van der Waals surface area (Å²) in [5.74, 6) is -0.650. The lowest BCUT2D eigenvalue weighted by atomic mass is 10.0. The molecule has 1 aromatic rings. The van der Waals surface area contributed by atoms with Gasteiger partial charge in [-0.3, -0.25) is 0 Å². The number of carbonyl (C=O) groups excluding carboxylic acids is 1. The Balaban J connectivity index is 2.15. The third-order valence-corrected chi connectivity index (χ3v) is 2.91. The number of benzene rings is 1. The van der Waals surface area contributed by atoms with Crippen LogP contribution in [0.3, 0.4) is 0 Å². The Kier molecular flexibility index (Phi) is 3.96. The van der Waals surface area contributed by atoms with Gasteiger partial charge in [0, 0.05) is 0 Å². The first-order valence-electron chi connectivity index (χ1n) is 5.88. The van der Waals surface area contributed by atoms with Crippen LogP contribution in [0.2, 0.25) is 0 Å². The predicted molar refractivity (Wildman–Crippen MR) is 62.7 cm³/mol. The van der Waals surface area contributed by atoms with Crippen LogP contribution in [0.15, 0.2) is 30.3 Å². The third kappa shape index (κ3) is 2.38. The normalized spacial score (nSPS) is 31.3. The van der Waals surface area contributed by atoms with Crippen LogP contribution in [0.1, 0.15) is 18.6 Å². The van der Waals surface area contributed by atoms with Crippen LogP contribution < -0.4 is 0 Å². The Morgan fingerprint density at radius 1 is 1.28 bits per heavy atom. The second kappa shape index (κ2) is 5.48. The van der Waals surface area contributed by atoms with E-state index in [9.17, 15) is 15.0 Å². The summed E-state index contributed by atoms with van der Waals surface area (Å²) < 4.78 is 10.2. The summed E-state index contributed by atoms with van der Waals surface area (Å²) in [5, 5.41) is 19.7. The van der Waals surface area contributed by atoms with Crippen molar-refractivity contribution >= 4 is 5.97 Å². The van der Waals surface area contributed by atoms with Gasteiger partial charge in [0.2, 0.25) is 0 Å². The molecule has 0 aromatic heterocycles. The van der Waals surface area contributed by atoms with E-state index in [1.54, 1.807) is 31.2 Å². The summed E-state index contributed by atoms with van der Waals surface area (Å²) in [4.78, 5) is 11.6. The number of carbonyl (C=O) groups is 1. The maximum atomic E-state index is 11.6. The number of hydrogen-bond acceptors (Lipinski definition) is 5. The summed E-state index contributed by atoms with van der Waals surface area (Å²) in [6.45, 7) is 1.88. The number of rotatable bonds is 3. The van der Waals surface area contributed by atoms with Crippen LogP contribution in [0.5, 0.6) is 0 Å². The number of hydrogen-bond donors (Lipinski definition) is 2. The van der Waals surface area contributed by atoms with Gasteiger partial charge in [-0.15, -0.1) is 0 Å². The fraction of sp³-hybridized carbons (Fsp3) is 0.462. The molecular weight excluding hydrogens is 236 g/mol. The highest BCUT2D eigenvalue weighted by Gasteiger charge is 2.47. The summed E-state index contributed by atoms with van der Waals surface area (Å²) >= 11 is 0. The lowest BCUT2D eigenvalue weighted by Gasteiger charge is -2.14. The first-order chi connectivity index (χ1) is 8.65. The minimum Gasteiger partial charge on any atom is -0.464 e. The summed E-state index contributed by atoms with van der Waals surface area (Å²) in [5.41, 5.74) is 0.718. The fourth-order valence-electron chi connectivity index (χ4n) is 2.01. The van der Waals surface area contributed by atoms with Gasteiger partial charge in [0.15, 0.2) is 6.10 Å². The summed E-state index contributed by atoms with van der Waals surface area (Å²) in [6, 6.07) is 8.98. The average Bonchev–Trinajstić information content (AvgIpc) is 2.68. The van der Waals surface area contributed by atoms with Crippen molar-refractivity contribution < 1.29 is 24.5 Å². The molecule has 1 fully saturated rings. The molecule has 18 heavy (non-hydrogen) atoms. The molecule has 98 valence electrons. The van der Waals surface area contributed by atoms with Gasteiger partial charge < -0.3 is 19.7 Å². The van der Waals surface area contributed by atoms with E-state index in [1.807, 2.05) is 6.07 Å². The molecule has 5 nitrogen and oxygen atoms in total. The van der Waals surface area contributed by atoms with Gasteiger partial charge >= 0.3 is 5.97 Å². The molecule has 2 N–H and O–H groups in total. The minimum absolute atomic E-state index is 0.206. The Labute approximate surface area is 105 Å². The van der Waals surface area contributed by atoms with E-state index >= 15 is 0 Å². The van der Waals surface area contributed by atoms with E-state index in [4.69, 9.17) is 9.47 Å². The zero-order valence-electron chi connectivity index (χ0n) is 10.0. The number of aliphatic hydroxyl groups is 2. The topological polar surface area (TPSA) is 76.0 Å². The summed E-state index contributed by atoms with van der Waals surface area (Å²) in [6.07, 6.45) is -4.25. The highest BCUT2D eigenvalue weighted by atomic mass is 16.6. The van der Waals surface area contributed by atoms with Crippen molar-refractivity contribution in [3.63, 3.8) is 0 Å². The van der Waals surface area contributed by atoms with Gasteiger partial charge in [0.1, 0.15) is 18.3 Å². The molecule has 0 unspecified atom stereocenters. The highest BCUT2D eigenvalue weighted by Crippen LogP contribution is 2.33. The molecule has 1 saturated heterocycles. The molecule has 1 aromatic carbocycles. The van der Waals surface area contributed by atoms with Crippen LogP contribution in [0.4, 0.5) is 0 Å². The smallest absolute Gasteiger partial charge is 0.338 e. The SMILES string of the molecule is CCOC(=O)[C@H]1O[C@@H](c2ccccc2)[C@H](O)[C@H]1O. The van der Waals surface area contributed by atoms with Gasteiger partial charge in [0.05, 0.1) is 6.61 Å². The van der Waals surface area contributed by atoms with Crippen molar-refractivity contribution in [1.82, 2.24) is 0 Å². The van der Waals surface area contributed by atoms with Gasteiger partial charge in [-0.25, -0.2) is 4.79 Å². The van der Waals surface area contributed by atoms with Crippen molar-refractivity contribution in [2.75, 3.05) is 6.61 Å². The number of ether oxygens (including phenoxy) is 2. The Morgan fingerprint density at radius 3 is 2.56 bits per heavy atom. The largest absolute Gasteiger partial charge is 0.464 e. The van der Waals surface area contributed by atoms with Gasteiger partial charge in [-0.05, 0) is 12.5 Å². The van der Waals surface area contributed by atoms with Crippen LogP contribution >= 0.6 is 0 Å². The van der Waals surface area contributed by atoms with Crippen LogP contribution in [0.25, 0.3) is 0 Å². The molecule has 0 spiro atoms.